The Morgan fingerprint density at radius 3 is 1.45 bits per heavy atom. The maximum absolute atomic E-state index is 14.7. The van der Waals surface area contributed by atoms with Crippen LogP contribution in [0.5, 0.6) is 0 Å². The number of alkyl halides is 12. The maximum Gasteiger partial charge on any atom is 0.417 e. The summed E-state index contributed by atoms with van der Waals surface area (Å²) in [4.78, 5) is 3.72. The highest BCUT2D eigenvalue weighted by molar-refractivity contribution is 6.12. The molecule has 0 saturated heterocycles. The van der Waals surface area contributed by atoms with E-state index in [9.17, 15) is 52.7 Å². The summed E-state index contributed by atoms with van der Waals surface area (Å²) in [5.74, 6) is 0. The third kappa shape index (κ3) is 6.97. The standard InChI is InChI=1S/C49H27F12N3/c1-25-7-14-42-33(19-25)35-21-30(48(56,57)58)11-18-44(35)64(42)43-15-8-27(45-26(2)5-4-6-38(45)49(59,60)61)20-34(43)32-24-31(12-13-39(32)62-3)63-40-16-9-28(46(50,51)52)22-36(40)37-23-29(47(53,54)55)10-17-41(37)63/h4-24H,1-2H3. The van der Waals surface area contributed by atoms with Crippen LogP contribution in [-0.4, -0.2) is 9.13 Å². The number of fused-ring (bicyclic) bond motifs is 6. The Kier molecular flexibility index (Phi) is 9.48. The van der Waals surface area contributed by atoms with E-state index in [0.29, 0.717) is 16.4 Å². The van der Waals surface area contributed by atoms with Gasteiger partial charge in [-0.3, -0.25) is 0 Å². The average molecular weight is 886 g/mol. The quantitative estimate of drug-likeness (QED) is 0.124. The van der Waals surface area contributed by atoms with Crippen LogP contribution in [-0.2, 0) is 24.7 Å². The maximum atomic E-state index is 14.7. The molecule has 15 heteroatoms. The van der Waals surface area contributed by atoms with E-state index in [1.807, 2.05) is 0 Å². The van der Waals surface area contributed by atoms with Gasteiger partial charge in [0.05, 0.1) is 56.6 Å². The Morgan fingerprint density at radius 1 is 0.453 bits per heavy atom. The van der Waals surface area contributed by atoms with E-state index in [4.69, 9.17) is 6.57 Å². The largest absolute Gasteiger partial charge is 0.417 e. The predicted octanol–water partition coefficient (Wildman–Crippen LogP) is 16.5. The van der Waals surface area contributed by atoms with E-state index in [1.54, 1.807) is 29.7 Å². The van der Waals surface area contributed by atoms with Crippen LogP contribution in [0.25, 0.3) is 82.1 Å². The van der Waals surface area contributed by atoms with Gasteiger partial charge in [0.15, 0.2) is 5.69 Å². The first-order valence-corrected chi connectivity index (χ1v) is 19.2. The smallest absolute Gasteiger partial charge is 0.309 e. The van der Waals surface area contributed by atoms with Crippen LogP contribution in [0, 0.1) is 20.4 Å². The Labute approximate surface area is 354 Å². The summed E-state index contributed by atoms with van der Waals surface area (Å²) >= 11 is 0. The van der Waals surface area contributed by atoms with Crippen molar-refractivity contribution >= 4 is 49.3 Å². The summed E-state index contributed by atoms with van der Waals surface area (Å²) in [7, 11) is 0. The molecule has 0 atom stereocenters. The fraction of sp³-hybridized carbons (Fsp3) is 0.122. The second-order valence-corrected chi connectivity index (χ2v) is 15.4. The molecular weight excluding hydrogens is 859 g/mol. The van der Waals surface area contributed by atoms with E-state index in [2.05, 4.69) is 4.85 Å². The van der Waals surface area contributed by atoms with Crippen LogP contribution in [0.2, 0.25) is 0 Å². The molecule has 0 bridgehead atoms. The van der Waals surface area contributed by atoms with Crippen LogP contribution in [0.15, 0.2) is 127 Å². The molecule has 3 nitrogen and oxygen atoms in total. The van der Waals surface area contributed by atoms with Gasteiger partial charge in [0.1, 0.15) is 0 Å². The van der Waals surface area contributed by atoms with Crippen molar-refractivity contribution in [2.45, 2.75) is 38.6 Å². The monoisotopic (exact) mass is 885 g/mol. The van der Waals surface area contributed by atoms with Gasteiger partial charge in [0.2, 0.25) is 0 Å². The minimum Gasteiger partial charge on any atom is -0.309 e. The number of aryl methyl sites for hydroxylation is 2. The summed E-state index contributed by atoms with van der Waals surface area (Å²) in [5.41, 5.74) is -1.79. The van der Waals surface area contributed by atoms with Crippen molar-refractivity contribution in [1.29, 1.82) is 0 Å². The van der Waals surface area contributed by atoms with Crippen molar-refractivity contribution in [2.75, 3.05) is 0 Å². The molecule has 322 valence electrons. The third-order valence-corrected chi connectivity index (χ3v) is 11.4. The van der Waals surface area contributed by atoms with Gasteiger partial charge in [0, 0.05) is 27.2 Å². The molecule has 0 amide bonds. The van der Waals surface area contributed by atoms with Crippen LogP contribution in [0.1, 0.15) is 33.4 Å². The minimum absolute atomic E-state index is 0.0431. The Balaban J connectivity index is 1.39. The first-order chi connectivity index (χ1) is 30.0. The molecule has 7 aromatic carbocycles. The first-order valence-electron chi connectivity index (χ1n) is 19.2. The van der Waals surface area contributed by atoms with Gasteiger partial charge >= 0.3 is 24.7 Å². The van der Waals surface area contributed by atoms with Crippen LogP contribution in [0.4, 0.5) is 58.4 Å². The molecule has 0 aliphatic heterocycles. The zero-order chi connectivity index (χ0) is 45.8. The first kappa shape index (κ1) is 42.1. The lowest BCUT2D eigenvalue weighted by molar-refractivity contribution is -0.138. The van der Waals surface area contributed by atoms with Gasteiger partial charge < -0.3 is 9.13 Å². The Morgan fingerprint density at radius 2 is 0.953 bits per heavy atom. The molecule has 9 rings (SSSR count). The average Bonchev–Trinajstić information content (AvgIpc) is 3.73. The van der Waals surface area contributed by atoms with Gasteiger partial charge in [-0.25, -0.2) is 4.85 Å². The Bertz CT molecular complexity index is 3360. The van der Waals surface area contributed by atoms with E-state index in [1.165, 1.54) is 66.1 Å². The fourth-order valence-electron chi connectivity index (χ4n) is 8.59. The van der Waals surface area contributed by atoms with Gasteiger partial charge in [0.25, 0.3) is 0 Å². The lowest BCUT2D eigenvalue weighted by atomic mass is 9.91. The molecule has 0 fully saturated rings. The van der Waals surface area contributed by atoms with E-state index in [0.717, 1.165) is 60.2 Å². The number of hydrogen-bond donors (Lipinski definition) is 0. The number of nitrogens with zero attached hydrogens (tertiary/aromatic N) is 3. The van der Waals surface area contributed by atoms with Crippen LogP contribution in [0.3, 0.4) is 0 Å². The highest BCUT2D eigenvalue weighted by Gasteiger charge is 2.36. The van der Waals surface area contributed by atoms with Gasteiger partial charge in [-0.15, -0.1) is 0 Å². The number of hydrogen-bond acceptors (Lipinski definition) is 0. The molecule has 0 spiro atoms. The molecule has 0 aliphatic carbocycles. The zero-order valence-corrected chi connectivity index (χ0v) is 33.0. The molecule has 0 radical (unpaired) electrons. The summed E-state index contributed by atoms with van der Waals surface area (Å²) in [6.07, 6.45) is -19.2. The molecule has 64 heavy (non-hydrogen) atoms. The van der Waals surface area contributed by atoms with E-state index in [-0.39, 0.29) is 72.1 Å². The lowest BCUT2D eigenvalue weighted by Gasteiger charge is -2.20. The number of halogens is 12. The summed E-state index contributed by atoms with van der Waals surface area (Å²) < 4.78 is 174. The number of aromatic nitrogens is 2. The molecule has 9 aromatic rings. The van der Waals surface area contributed by atoms with E-state index >= 15 is 0 Å². The predicted molar refractivity (Wildman–Crippen MR) is 222 cm³/mol. The number of rotatable bonds is 4. The summed E-state index contributed by atoms with van der Waals surface area (Å²) in [5, 5.41) is 0.317. The van der Waals surface area contributed by atoms with E-state index < -0.39 is 47.0 Å². The van der Waals surface area contributed by atoms with Crippen molar-refractivity contribution in [2.24, 2.45) is 0 Å². The van der Waals surface area contributed by atoms with Crippen molar-refractivity contribution in [3.05, 3.63) is 172 Å². The third-order valence-electron chi connectivity index (χ3n) is 11.4. The SMILES string of the molecule is [C-]#[N+]c1ccc(-n2c3ccc(C(F)(F)F)cc3c3cc(C(F)(F)F)ccc32)cc1-c1cc(-c2c(C)cccc2C(F)(F)F)ccc1-n1c2ccc(C)cc2c2cc(C(F)(F)F)ccc21. The summed E-state index contributed by atoms with van der Waals surface area (Å²) in [6, 6.07) is 26.0. The second-order valence-electron chi connectivity index (χ2n) is 15.4. The molecular formula is C49H27F12N3. The fourth-order valence-corrected chi connectivity index (χ4v) is 8.59. The van der Waals surface area contributed by atoms with Gasteiger partial charge in [-0.2, -0.15) is 52.7 Å². The molecule has 0 N–H and O–H groups in total. The van der Waals surface area contributed by atoms with Gasteiger partial charge in [-0.05, 0) is 139 Å². The summed E-state index contributed by atoms with van der Waals surface area (Å²) in [6.45, 7) is 11.5. The van der Waals surface area contributed by atoms with Crippen LogP contribution >= 0.6 is 0 Å². The van der Waals surface area contributed by atoms with Crippen LogP contribution < -0.4 is 0 Å². The molecule has 2 aromatic heterocycles. The van der Waals surface area contributed by atoms with Crippen molar-refractivity contribution in [3.63, 3.8) is 0 Å². The number of benzene rings is 7. The van der Waals surface area contributed by atoms with Crippen molar-refractivity contribution < 1.29 is 52.7 Å². The topological polar surface area (TPSA) is 14.2 Å². The molecule has 0 unspecified atom stereocenters. The molecule has 2 heterocycles. The zero-order valence-electron chi connectivity index (χ0n) is 33.0. The second kappa shape index (κ2) is 14.4. The van der Waals surface area contributed by atoms with Crippen molar-refractivity contribution in [1.82, 2.24) is 9.13 Å². The highest BCUT2D eigenvalue weighted by Crippen LogP contribution is 2.47. The normalized spacial score (nSPS) is 12.8. The van der Waals surface area contributed by atoms with Gasteiger partial charge in [-0.1, -0.05) is 35.9 Å². The highest BCUT2D eigenvalue weighted by atomic mass is 19.4. The van der Waals surface area contributed by atoms with Crippen molar-refractivity contribution in [3.8, 4) is 33.6 Å². The Hall–Kier alpha value is -7.21. The lowest BCUT2D eigenvalue weighted by Crippen LogP contribution is -2.08. The molecule has 0 aliphatic rings. The minimum atomic E-state index is -4.85. The molecule has 0 saturated carbocycles.